The van der Waals surface area contributed by atoms with Crippen LogP contribution in [0.5, 0.6) is 0 Å². The zero-order chi connectivity index (χ0) is 18.9. The summed E-state index contributed by atoms with van der Waals surface area (Å²) >= 11 is 0. The molecule has 2 bridgehead atoms. The third-order valence-electron chi connectivity index (χ3n) is 6.45. The van der Waals surface area contributed by atoms with Gasteiger partial charge in [-0.25, -0.2) is 9.97 Å². The lowest BCUT2D eigenvalue weighted by Gasteiger charge is -2.49. The number of anilines is 1. The molecule has 3 saturated heterocycles. The van der Waals surface area contributed by atoms with E-state index in [4.69, 9.17) is 0 Å². The molecule has 4 heteroatoms. The Bertz CT molecular complexity index is 911. The quantitative estimate of drug-likeness (QED) is 0.722. The molecule has 2 unspecified atom stereocenters. The van der Waals surface area contributed by atoms with Crippen molar-refractivity contribution in [2.45, 2.75) is 31.8 Å². The lowest BCUT2D eigenvalue weighted by molar-refractivity contribution is 0.0455. The molecule has 0 spiro atoms. The highest BCUT2D eigenvalue weighted by molar-refractivity contribution is 5.69. The molecule has 4 nitrogen and oxygen atoms in total. The highest BCUT2D eigenvalue weighted by Gasteiger charge is 2.39. The summed E-state index contributed by atoms with van der Waals surface area (Å²) in [7, 11) is 0. The van der Waals surface area contributed by atoms with Gasteiger partial charge in [-0.05, 0) is 55.5 Å². The van der Waals surface area contributed by atoms with E-state index in [1.54, 1.807) is 0 Å². The Hall–Kier alpha value is -2.72. The topological polar surface area (TPSA) is 41.1 Å². The molecule has 0 amide bonds. The maximum Gasteiger partial charge on any atom is 0.222 e. The first-order valence-electron chi connectivity index (χ1n) is 10.3. The molecular formula is C24H26N4. The first-order valence-corrected chi connectivity index (χ1v) is 10.3. The summed E-state index contributed by atoms with van der Waals surface area (Å²) in [5.74, 6) is 1.49. The Balaban J connectivity index is 1.30. The largest absolute Gasteiger partial charge is 0.350 e. The molecule has 4 heterocycles. The Labute approximate surface area is 166 Å². The van der Waals surface area contributed by atoms with Gasteiger partial charge in [0.25, 0.3) is 0 Å². The molecule has 1 aromatic heterocycles. The molecular weight excluding hydrogens is 344 g/mol. The van der Waals surface area contributed by atoms with Crippen molar-refractivity contribution in [3.8, 4) is 22.3 Å². The standard InChI is InChI=1S/C24H26N4/c1-17-23(21-11-13-28(17)14-12-21)27-24-25-15-22(16-26-24)20-9-7-19(8-10-20)18-5-3-2-4-6-18/h2-10,15-17,21,23H,11-14H2,1H3,(H,25,26,27). The fourth-order valence-electron chi connectivity index (χ4n) is 4.73. The van der Waals surface area contributed by atoms with E-state index in [0.717, 1.165) is 23.0 Å². The fraction of sp³-hybridized carbons (Fsp3) is 0.333. The van der Waals surface area contributed by atoms with Crippen molar-refractivity contribution in [1.29, 1.82) is 0 Å². The maximum atomic E-state index is 4.61. The second-order valence-electron chi connectivity index (χ2n) is 8.02. The van der Waals surface area contributed by atoms with Gasteiger partial charge in [0, 0.05) is 30.0 Å². The van der Waals surface area contributed by atoms with E-state index in [1.165, 1.54) is 37.1 Å². The summed E-state index contributed by atoms with van der Waals surface area (Å²) < 4.78 is 0. The molecule has 0 radical (unpaired) electrons. The summed E-state index contributed by atoms with van der Waals surface area (Å²) in [6.07, 6.45) is 6.43. The van der Waals surface area contributed by atoms with Crippen molar-refractivity contribution < 1.29 is 0 Å². The van der Waals surface area contributed by atoms with Crippen molar-refractivity contribution in [3.63, 3.8) is 0 Å². The molecule has 3 aromatic rings. The van der Waals surface area contributed by atoms with Crippen LogP contribution in [0.4, 0.5) is 5.95 Å². The van der Waals surface area contributed by atoms with Crippen LogP contribution in [0.25, 0.3) is 22.3 Å². The molecule has 0 aliphatic carbocycles. The second kappa shape index (κ2) is 7.36. The molecule has 1 N–H and O–H groups in total. The van der Waals surface area contributed by atoms with E-state index < -0.39 is 0 Å². The fourth-order valence-corrected chi connectivity index (χ4v) is 4.73. The van der Waals surface area contributed by atoms with Crippen LogP contribution in [0.15, 0.2) is 67.0 Å². The predicted molar refractivity (Wildman–Crippen MR) is 114 cm³/mol. The molecule has 3 aliphatic heterocycles. The highest BCUT2D eigenvalue weighted by Crippen LogP contribution is 2.33. The van der Waals surface area contributed by atoms with Crippen LogP contribution in [0.3, 0.4) is 0 Å². The van der Waals surface area contributed by atoms with Gasteiger partial charge in [-0.1, -0.05) is 54.6 Å². The zero-order valence-electron chi connectivity index (χ0n) is 16.3. The Morgan fingerprint density at radius 3 is 1.96 bits per heavy atom. The summed E-state index contributed by atoms with van der Waals surface area (Å²) in [4.78, 5) is 11.8. The Morgan fingerprint density at radius 1 is 0.786 bits per heavy atom. The lowest BCUT2D eigenvalue weighted by atomic mass is 9.79. The van der Waals surface area contributed by atoms with Crippen molar-refractivity contribution >= 4 is 5.95 Å². The highest BCUT2D eigenvalue weighted by atomic mass is 15.2. The molecule has 3 aliphatic rings. The number of hydrogen-bond acceptors (Lipinski definition) is 4. The predicted octanol–water partition coefficient (Wildman–Crippen LogP) is 4.71. The number of nitrogens with zero attached hydrogens (tertiary/aromatic N) is 3. The average molecular weight is 371 g/mol. The normalized spacial score (nSPS) is 26.2. The summed E-state index contributed by atoms with van der Waals surface area (Å²) in [6, 6.07) is 20.1. The van der Waals surface area contributed by atoms with Crippen molar-refractivity contribution in [1.82, 2.24) is 14.9 Å². The van der Waals surface area contributed by atoms with Gasteiger partial charge < -0.3 is 5.32 Å². The van der Waals surface area contributed by atoms with Crippen molar-refractivity contribution in [3.05, 3.63) is 67.0 Å². The molecule has 142 valence electrons. The minimum atomic E-state index is 0.457. The lowest BCUT2D eigenvalue weighted by Crippen LogP contribution is -2.59. The van der Waals surface area contributed by atoms with Crippen molar-refractivity contribution in [2.75, 3.05) is 18.4 Å². The van der Waals surface area contributed by atoms with E-state index in [9.17, 15) is 0 Å². The van der Waals surface area contributed by atoms with E-state index >= 15 is 0 Å². The Kier molecular flexibility index (Phi) is 4.57. The van der Waals surface area contributed by atoms with Gasteiger partial charge in [0.2, 0.25) is 5.95 Å². The van der Waals surface area contributed by atoms with Gasteiger partial charge in [-0.2, -0.15) is 0 Å². The number of fused-ring (bicyclic) bond motifs is 3. The zero-order valence-corrected chi connectivity index (χ0v) is 16.3. The van der Waals surface area contributed by atoms with E-state index in [2.05, 4.69) is 75.6 Å². The van der Waals surface area contributed by atoms with Crippen LogP contribution in [-0.2, 0) is 0 Å². The monoisotopic (exact) mass is 370 g/mol. The Morgan fingerprint density at radius 2 is 1.36 bits per heavy atom. The minimum absolute atomic E-state index is 0.457. The minimum Gasteiger partial charge on any atom is -0.350 e. The van der Waals surface area contributed by atoms with Crippen LogP contribution in [0.2, 0.25) is 0 Å². The summed E-state index contributed by atoms with van der Waals surface area (Å²) in [6.45, 7) is 4.80. The summed E-state index contributed by atoms with van der Waals surface area (Å²) in [5, 5.41) is 3.61. The van der Waals surface area contributed by atoms with Crippen LogP contribution in [-0.4, -0.2) is 40.0 Å². The number of piperidine rings is 3. The van der Waals surface area contributed by atoms with Crippen LogP contribution in [0.1, 0.15) is 19.8 Å². The first-order chi connectivity index (χ1) is 13.8. The molecule has 0 saturated carbocycles. The molecule has 3 fully saturated rings. The van der Waals surface area contributed by atoms with E-state index in [0.29, 0.717) is 12.1 Å². The van der Waals surface area contributed by atoms with Gasteiger partial charge in [0.1, 0.15) is 0 Å². The third kappa shape index (κ3) is 3.29. The SMILES string of the molecule is CC1C(Nc2ncc(-c3ccc(-c4ccccc4)cc3)cn2)C2CCN1CC2. The maximum absolute atomic E-state index is 4.61. The van der Waals surface area contributed by atoms with Crippen LogP contribution < -0.4 is 5.32 Å². The van der Waals surface area contributed by atoms with Gasteiger partial charge in [-0.15, -0.1) is 0 Å². The average Bonchev–Trinajstić information content (AvgIpc) is 2.78. The van der Waals surface area contributed by atoms with Crippen LogP contribution in [0, 0.1) is 5.92 Å². The number of rotatable bonds is 4. The second-order valence-corrected chi connectivity index (χ2v) is 8.02. The molecule has 28 heavy (non-hydrogen) atoms. The smallest absolute Gasteiger partial charge is 0.222 e. The number of benzene rings is 2. The third-order valence-corrected chi connectivity index (χ3v) is 6.45. The molecule has 6 rings (SSSR count). The molecule has 2 aromatic carbocycles. The first kappa shape index (κ1) is 17.4. The molecule has 2 atom stereocenters. The van der Waals surface area contributed by atoms with Gasteiger partial charge >= 0.3 is 0 Å². The van der Waals surface area contributed by atoms with E-state index in [1.807, 2.05) is 18.5 Å². The summed E-state index contributed by atoms with van der Waals surface area (Å²) in [5.41, 5.74) is 4.64. The number of hydrogen-bond donors (Lipinski definition) is 1. The van der Waals surface area contributed by atoms with E-state index in [-0.39, 0.29) is 0 Å². The van der Waals surface area contributed by atoms with Crippen LogP contribution >= 0.6 is 0 Å². The van der Waals surface area contributed by atoms with Gasteiger partial charge in [0.05, 0.1) is 0 Å². The van der Waals surface area contributed by atoms with Gasteiger partial charge in [0.15, 0.2) is 0 Å². The van der Waals surface area contributed by atoms with Crippen molar-refractivity contribution in [2.24, 2.45) is 5.92 Å². The van der Waals surface area contributed by atoms with Gasteiger partial charge in [-0.3, -0.25) is 4.90 Å². The number of nitrogens with one attached hydrogen (secondary N) is 1. The number of aromatic nitrogens is 2.